The van der Waals surface area contributed by atoms with Gasteiger partial charge in [0.1, 0.15) is 5.82 Å². The smallest absolute Gasteiger partial charge is 0.222 e. The number of amides is 1. The largest absolute Gasteiger partial charge is 0.385 e. The molecule has 1 fully saturated rings. The van der Waals surface area contributed by atoms with E-state index in [4.69, 9.17) is 9.84 Å². The van der Waals surface area contributed by atoms with Gasteiger partial charge in [0.15, 0.2) is 0 Å². The predicted octanol–water partition coefficient (Wildman–Crippen LogP) is 5.44. The summed E-state index contributed by atoms with van der Waals surface area (Å²) in [6, 6.07) is 10.4. The van der Waals surface area contributed by atoms with Crippen LogP contribution in [0.4, 0.5) is 5.82 Å². The van der Waals surface area contributed by atoms with Crippen LogP contribution in [0.25, 0.3) is 5.69 Å². The zero-order chi connectivity index (χ0) is 26.5. The summed E-state index contributed by atoms with van der Waals surface area (Å²) in [6.45, 7) is 10.3. The standard InChI is InChI=1S/C30H49N5O2/c1-5-6-7-8-9-10-14-18-29(36)34(19-15-24-37-4)25-28-26(2)31-35(27-16-12-11-13-17-27)30(28)33-22-20-32(3)21-23-33/h11-13,16-17H,5-10,14-15,18-25H2,1-4H3. The van der Waals surface area contributed by atoms with Crippen molar-refractivity contribution < 1.29 is 9.53 Å². The van der Waals surface area contributed by atoms with E-state index < -0.39 is 0 Å². The number of nitrogens with zero attached hydrogens (tertiary/aromatic N) is 5. The van der Waals surface area contributed by atoms with Crippen molar-refractivity contribution in [3.05, 3.63) is 41.6 Å². The first kappa shape index (κ1) is 29.2. The number of carbonyl (C=O) groups is 1. The van der Waals surface area contributed by atoms with Crippen molar-refractivity contribution in [2.45, 2.75) is 78.2 Å². The van der Waals surface area contributed by atoms with Crippen molar-refractivity contribution in [1.29, 1.82) is 0 Å². The number of ether oxygens (including phenoxy) is 1. The lowest BCUT2D eigenvalue weighted by Gasteiger charge is -2.35. The molecule has 1 amide bonds. The van der Waals surface area contributed by atoms with E-state index in [2.05, 4.69) is 64.5 Å². The molecule has 37 heavy (non-hydrogen) atoms. The van der Waals surface area contributed by atoms with E-state index in [1.807, 2.05) is 6.07 Å². The first-order valence-corrected chi connectivity index (χ1v) is 14.4. The van der Waals surface area contributed by atoms with E-state index in [-0.39, 0.29) is 5.91 Å². The molecule has 0 bridgehead atoms. The van der Waals surface area contributed by atoms with Crippen LogP contribution in [0.1, 0.15) is 76.0 Å². The topological polar surface area (TPSA) is 53.8 Å². The minimum Gasteiger partial charge on any atom is -0.385 e. The molecular formula is C30H49N5O2. The molecule has 0 saturated carbocycles. The van der Waals surface area contributed by atoms with E-state index in [1.54, 1.807) is 7.11 Å². The molecule has 0 radical (unpaired) electrons. The van der Waals surface area contributed by atoms with Gasteiger partial charge in [0.2, 0.25) is 5.91 Å². The molecular weight excluding hydrogens is 462 g/mol. The highest BCUT2D eigenvalue weighted by Crippen LogP contribution is 2.30. The fraction of sp³-hybridized carbons (Fsp3) is 0.667. The van der Waals surface area contributed by atoms with E-state index in [9.17, 15) is 4.79 Å². The lowest BCUT2D eigenvalue weighted by atomic mass is 10.1. The summed E-state index contributed by atoms with van der Waals surface area (Å²) < 4.78 is 7.40. The number of hydrogen-bond donors (Lipinski definition) is 0. The van der Waals surface area contributed by atoms with Gasteiger partial charge in [0.05, 0.1) is 17.9 Å². The second-order valence-electron chi connectivity index (χ2n) is 10.5. The van der Waals surface area contributed by atoms with Crippen molar-refractivity contribution in [2.75, 3.05) is 58.4 Å². The Morgan fingerprint density at radius 3 is 2.32 bits per heavy atom. The van der Waals surface area contributed by atoms with Crippen LogP contribution in [0.2, 0.25) is 0 Å². The average Bonchev–Trinajstić information content (AvgIpc) is 3.24. The van der Waals surface area contributed by atoms with Gasteiger partial charge in [-0.15, -0.1) is 0 Å². The molecule has 1 saturated heterocycles. The Morgan fingerprint density at radius 2 is 1.65 bits per heavy atom. The molecule has 1 aromatic heterocycles. The van der Waals surface area contributed by atoms with Crippen molar-refractivity contribution in [3.63, 3.8) is 0 Å². The number of rotatable bonds is 16. The Labute approximate surface area is 224 Å². The minimum absolute atomic E-state index is 0.251. The summed E-state index contributed by atoms with van der Waals surface area (Å²) in [6.07, 6.45) is 9.99. The molecule has 1 aliphatic rings. The fourth-order valence-corrected chi connectivity index (χ4v) is 5.10. The molecule has 3 rings (SSSR count). The van der Waals surface area contributed by atoms with Crippen molar-refractivity contribution >= 4 is 11.7 Å². The maximum absolute atomic E-state index is 13.4. The SMILES string of the molecule is CCCCCCCCCC(=O)N(CCCOC)Cc1c(C)nn(-c2ccccc2)c1N1CCN(C)CC1. The Morgan fingerprint density at radius 1 is 0.973 bits per heavy atom. The van der Waals surface area contributed by atoms with Crippen molar-refractivity contribution in [2.24, 2.45) is 0 Å². The molecule has 1 aliphatic heterocycles. The third kappa shape index (κ3) is 8.85. The van der Waals surface area contributed by atoms with E-state index in [1.165, 1.54) is 37.7 Å². The molecule has 7 nitrogen and oxygen atoms in total. The summed E-state index contributed by atoms with van der Waals surface area (Å²) in [7, 11) is 3.90. The summed E-state index contributed by atoms with van der Waals surface area (Å²) in [5.74, 6) is 1.39. The number of carbonyl (C=O) groups excluding carboxylic acids is 1. The van der Waals surface area contributed by atoms with E-state index in [0.717, 1.165) is 62.6 Å². The van der Waals surface area contributed by atoms with Crippen LogP contribution in [0.5, 0.6) is 0 Å². The number of piperazine rings is 1. The molecule has 0 unspecified atom stereocenters. The highest BCUT2D eigenvalue weighted by molar-refractivity contribution is 5.76. The first-order valence-electron chi connectivity index (χ1n) is 14.4. The van der Waals surface area contributed by atoms with E-state index >= 15 is 0 Å². The molecule has 0 aliphatic carbocycles. The minimum atomic E-state index is 0.251. The molecule has 7 heteroatoms. The predicted molar refractivity (Wildman–Crippen MR) is 153 cm³/mol. The average molecular weight is 512 g/mol. The second kappa shape index (κ2) is 15.8. The maximum atomic E-state index is 13.4. The highest BCUT2D eigenvalue weighted by atomic mass is 16.5. The monoisotopic (exact) mass is 511 g/mol. The lowest BCUT2D eigenvalue weighted by molar-refractivity contribution is -0.132. The van der Waals surface area contributed by atoms with Crippen LogP contribution in [0.3, 0.4) is 0 Å². The number of methoxy groups -OCH3 is 1. The first-order chi connectivity index (χ1) is 18.0. The third-order valence-corrected chi connectivity index (χ3v) is 7.43. The Hall–Kier alpha value is -2.38. The molecule has 1 aromatic carbocycles. The number of likely N-dealkylation sites (N-methyl/N-ethyl adjacent to an activating group) is 1. The highest BCUT2D eigenvalue weighted by Gasteiger charge is 2.27. The Kier molecular flexibility index (Phi) is 12.4. The van der Waals surface area contributed by atoms with Crippen LogP contribution in [-0.4, -0.2) is 79.0 Å². The van der Waals surface area contributed by atoms with Crippen LogP contribution >= 0.6 is 0 Å². The van der Waals surface area contributed by atoms with Gasteiger partial charge in [-0.25, -0.2) is 4.68 Å². The van der Waals surface area contributed by atoms with Gasteiger partial charge >= 0.3 is 0 Å². The summed E-state index contributed by atoms with van der Waals surface area (Å²) in [5.41, 5.74) is 3.23. The van der Waals surface area contributed by atoms with Crippen LogP contribution < -0.4 is 4.90 Å². The quantitative estimate of drug-likeness (QED) is 0.281. The number of anilines is 1. The Balaban J connectivity index is 1.78. The molecule has 0 N–H and O–H groups in total. The second-order valence-corrected chi connectivity index (χ2v) is 10.5. The van der Waals surface area contributed by atoms with Gasteiger partial charge in [0, 0.05) is 58.4 Å². The van der Waals surface area contributed by atoms with Crippen molar-refractivity contribution in [1.82, 2.24) is 19.6 Å². The van der Waals surface area contributed by atoms with Gasteiger partial charge in [-0.1, -0.05) is 63.6 Å². The number of aryl methyl sites for hydroxylation is 1. The van der Waals surface area contributed by atoms with Crippen LogP contribution in [0.15, 0.2) is 30.3 Å². The zero-order valence-electron chi connectivity index (χ0n) is 23.8. The maximum Gasteiger partial charge on any atom is 0.222 e. The fourth-order valence-electron chi connectivity index (χ4n) is 5.10. The van der Waals surface area contributed by atoms with Crippen LogP contribution in [0, 0.1) is 6.92 Å². The van der Waals surface area contributed by atoms with Crippen molar-refractivity contribution in [3.8, 4) is 5.69 Å². The number of benzene rings is 1. The molecule has 2 heterocycles. The van der Waals surface area contributed by atoms with Gasteiger partial charge in [-0.2, -0.15) is 5.10 Å². The lowest BCUT2D eigenvalue weighted by Crippen LogP contribution is -2.45. The normalized spacial score (nSPS) is 14.3. The van der Waals surface area contributed by atoms with Gasteiger partial charge in [0.25, 0.3) is 0 Å². The zero-order valence-corrected chi connectivity index (χ0v) is 23.8. The molecule has 206 valence electrons. The summed E-state index contributed by atoms with van der Waals surface area (Å²) in [5, 5.41) is 4.99. The van der Waals surface area contributed by atoms with Gasteiger partial charge in [-0.05, 0) is 38.9 Å². The Bertz CT molecular complexity index is 922. The summed E-state index contributed by atoms with van der Waals surface area (Å²) in [4.78, 5) is 20.3. The molecule has 0 atom stereocenters. The summed E-state index contributed by atoms with van der Waals surface area (Å²) >= 11 is 0. The number of hydrogen-bond acceptors (Lipinski definition) is 5. The number of unbranched alkanes of at least 4 members (excludes halogenated alkanes) is 6. The third-order valence-electron chi connectivity index (χ3n) is 7.43. The molecule has 2 aromatic rings. The van der Waals surface area contributed by atoms with Gasteiger partial charge < -0.3 is 19.4 Å². The molecule has 0 spiro atoms. The number of aromatic nitrogens is 2. The van der Waals surface area contributed by atoms with E-state index in [0.29, 0.717) is 26.1 Å². The number of para-hydroxylation sites is 1. The van der Waals surface area contributed by atoms with Crippen LogP contribution in [-0.2, 0) is 16.1 Å². The van der Waals surface area contributed by atoms with Gasteiger partial charge in [-0.3, -0.25) is 4.79 Å².